The Morgan fingerprint density at radius 2 is 2.03 bits per heavy atom. The number of pyridine rings is 1. The quantitative estimate of drug-likeness (QED) is 0.371. The van der Waals surface area contributed by atoms with Crippen LogP contribution in [-0.2, 0) is 17.6 Å². The molecule has 0 radical (unpaired) electrons. The lowest BCUT2D eigenvalue weighted by Crippen LogP contribution is -2.54. The van der Waals surface area contributed by atoms with Gasteiger partial charge in [-0.25, -0.2) is 9.67 Å². The molecule has 2 aliphatic rings. The highest BCUT2D eigenvalue weighted by Gasteiger charge is 2.46. The number of likely N-dealkylation sites (tertiary alicyclic amines) is 1. The molecule has 0 saturated carbocycles. The lowest BCUT2D eigenvalue weighted by Gasteiger charge is -2.48. The van der Waals surface area contributed by atoms with Crippen molar-refractivity contribution < 1.29 is 14.3 Å². The lowest BCUT2D eigenvalue weighted by atomic mass is 9.81. The predicted octanol–water partition coefficient (Wildman–Crippen LogP) is 4.00. The van der Waals surface area contributed by atoms with Crippen LogP contribution in [-0.4, -0.2) is 61.4 Å². The topological polar surface area (TPSA) is 95.3 Å². The first-order chi connectivity index (χ1) is 18.2. The number of para-hydroxylation sites is 2. The Hall–Kier alpha value is -3.85. The van der Waals surface area contributed by atoms with Crippen LogP contribution in [0.25, 0.3) is 10.9 Å². The Balaban J connectivity index is 1.32. The number of ether oxygens (including phenoxy) is 2. The molecule has 6 rings (SSSR count). The zero-order valence-corrected chi connectivity index (χ0v) is 20.9. The molecule has 2 atom stereocenters. The summed E-state index contributed by atoms with van der Waals surface area (Å²) >= 11 is 0. The van der Waals surface area contributed by atoms with Gasteiger partial charge in [0, 0.05) is 31.4 Å². The molecule has 0 aliphatic carbocycles. The van der Waals surface area contributed by atoms with E-state index < -0.39 is 0 Å². The molecule has 1 spiro atoms. The number of aryl methyl sites for hydroxylation is 1. The van der Waals surface area contributed by atoms with Gasteiger partial charge in [-0.05, 0) is 65.9 Å². The Morgan fingerprint density at radius 3 is 2.89 bits per heavy atom. The molecule has 9 heteroatoms. The van der Waals surface area contributed by atoms with Crippen molar-refractivity contribution in [2.24, 2.45) is 0 Å². The minimum absolute atomic E-state index is 0.130. The van der Waals surface area contributed by atoms with Crippen LogP contribution in [0.15, 0.2) is 60.9 Å². The average molecular weight is 499 g/mol. The fraction of sp³-hybridized carbons (Fsp3) is 0.393. The van der Waals surface area contributed by atoms with Gasteiger partial charge in [0.2, 0.25) is 0 Å². The van der Waals surface area contributed by atoms with E-state index in [1.54, 1.807) is 11.0 Å². The number of carbonyl (C=O) groups is 1. The SMILES string of the molecule is CCOCCc1cc(C(=O)N2CCC3(CCc4ccccc4O3)CC2n2cnnn2)nc2ccccc12. The van der Waals surface area contributed by atoms with Crippen molar-refractivity contribution in [3.63, 3.8) is 0 Å². The predicted molar refractivity (Wildman–Crippen MR) is 137 cm³/mol. The summed E-state index contributed by atoms with van der Waals surface area (Å²) in [5.74, 6) is 0.800. The number of nitrogens with zero attached hydrogens (tertiary/aromatic N) is 6. The second-order valence-corrected chi connectivity index (χ2v) is 9.75. The summed E-state index contributed by atoms with van der Waals surface area (Å²) in [7, 11) is 0. The van der Waals surface area contributed by atoms with Crippen LogP contribution in [0.3, 0.4) is 0 Å². The first-order valence-corrected chi connectivity index (χ1v) is 12.9. The van der Waals surface area contributed by atoms with Crippen molar-refractivity contribution >= 4 is 16.8 Å². The molecule has 2 aromatic carbocycles. The standard InChI is InChI=1S/C28H30N6O3/c1-2-36-16-12-21-17-24(30-23-9-5-4-8-22(21)23)27(35)33-15-14-28(18-26(33)34-19-29-31-32-34)13-11-20-7-3-6-10-25(20)37-28/h3-10,17,19,26H,2,11-16,18H2,1H3. The van der Waals surface area contributed by atoms with E-state index in [9.17, 15) is 4.79 Å². The van der Waals surface area contributed by atoms with Gasteiger partial charge in [-0.2, -0.15) is 0 Å². The van der Waals surface area contributed by atoms with Crippen LogP contribution in [0.4, 0.5) is 0 Å². The number of piperidine rings is 1. The minimum atomic E-state index is -0.374. The van der Waals surface area contributed by atoms with Crippen molar-refractivity contribution in [3.05, 3.63) is 77.7 Å². The highest BCUT2D eigenvalue weighted by atomic mass is 16.5. The van der Waals surface area contributed by atoms with Crippen LogP contribution >= 0.6 is 0 Å². The van der Waals surface area contributed by atoms with Crippen molar-refractivity contribution in [1.82, 2.24) is 30.1 Å². The summed E-state index contributed by atoms with van der Waals surface area (Å²) in [6.45, 7) is 3.76. The summed E-state index contributed by atoms with van der Waals surface area (Å²) in [6, 6.07) is 18.1. The second-order valence-electron chi connectivity index (χ2n) is 9.75. The maximum atomic E-state index is 14.0. The van der Waals surface area contributed by atoms with E-state index in [1.165, 1.54) is 5.56 Å². The molecule has 37 heavy (non-hydrogen) atoms. The number of rotatable bonds is 6. The first-order valence-electron chi connectivity index (χ1n) is 12.9. The molecular formula is C28H30N6O3. The van der Waals surface area contributed by atoms with E-state index in [-0.39, 0.29) is 17.7 Å². The molecular weight excluding hydrogens is 468 g/mol. The van der Waals surface area contributed by atoms with Gasteiger partial charge in [0.1, 0.15) is 29.5 Å². The highest BCUT2D eigenvalue weighted by molar-refractivity contribution is 5.96. The molecule has 0 N–H and O–H groups in total. The van der Waals surface area contributed by atoms with Crippen LogP contribution in [0.2, 0.25) is 0 Å². The third-order valence-electron chi connectivity index (χ3n) is 7.54. The summed E-state index contributed by atoms with van der Waals surface area (Å²) < 4.78 is 13.9. The smallest absolute Gasteiger partial charge is 0.274 e. The van der Waals surface area contributed by atoms with Gasteiger partial charge in [0.15, 0.2) is 0 Å². The largest absolute Gasteiger partial charge is 0.487 e. The number of benzene rings is 2. The zero-order valence-electron chi connectivity index (χ0n) is 20.9. The minimum Gasteiger partial charge on any atom is -0.487 e. The summed E-state index contributed by atoms with van der Waals surface area (Å²) in [5.41, 5.74) is 3.14. The van der Waals surface area contributed by atoms with E-state index in [0.717, 1.165) is 41.5 Å². The monoisotopic (exact) mass is 498 g/mol. The maximum Gasteiger partial charge on any atom is 0.274 e. The molecule has 4 aromatic rings. The Kier molecular flexibility index (Phi) is 6.30. The average Bonchev–Trinajstić information content (AvgIpc) is 3.48. The molecule has 0 bridgehead atoms. The fourth-order valence-corrected chi connectivity index (χ4v) is 5.61. The number of aromatic nitrogens is 5. The Labute approximate surface area is 215 Å². The van der Waals surface area contributed by atoms with Gasteiger partial charge in [-0.1, -0.05) is 36.4 Å². The summed E-state index contributed by atoms with van der Waals surface area (Å²) in [4.78, 5) is 20.6. The molecule has 4 heterocycles. The number of carbonyl (C=O) groups excluding carboxylic acids is 1. The Bertz CT molecular complexity index is 1410. The Morgan fingerprint density at radius 1 is 1.16 bits per heavy atom. The third-order valence-corrected chi connectivity index (χ3v) is 7.54. The van der Waals surface area contributed by atoms with E-state index in [4.69, 9.17) is 14.5 Å². The molecule has 1 saturated heterocycles. The van der Waals surface area contributed by atoms with Crippen molar-refractivity contribution in [1.29, 1.82) is 0 Å². The maximum absolute atomic E-state index is 14.0. The number of fused-ring (bicyclic) bond motifs is 2. The molecule has 9 nitrogen and oxygen atoms in total. The summed E-state index contributed by atoms with van der Waals surface area (Å²) in [5, 5.41) is 12.9. The highest BCUT2D eigenvalue weighted by Crippen LogP contribution is 2.43. The molecule has 2 aliphatic heterocycles. The fourth-order valence-electron chi connectivity index (χ4n) is 5.61. The van der Waals surface area contributed by atoms with Crippen molar-refractivity contribution in [2.45, 2.75) is 50.8 Å². The number of hydrogen-bond donors (Lipinski definition) is 0. The zero-order chi connectivity index (χ0) is 25.2. The van der Waals surface area contributed by atoms with Gasteiger partial charge in [0.25, 0.3) is 5.91 Å². The van der Waals surface area contributed by atoms with Gasteiger partial charge < -0.3 is 14.4 Å². The van der Waals surface area contributed by atoms with Gasteiger partial charge in [-0.3, -0.25) is 4.79 Å². The number of tetrazole rings is 1. The molecule has 2 aromatic heterocycles. The van der Waals surface area contributed by atoms with Gasteiger partial charge >= 0.3 is 0 Å². The number of amides is 1. The molecule has 1 amide bonds. The van der Waals surface area contributed by atoms with Crippen molar-refractivity contribution in [2.75, 3.05) is 19.8 Å². The normalized spacial score (nSPS) is 21.1. The van der Waals surface area contributed by atoms with E-state index >= 15 is 0 Å². The molecule has 190 valence electrons. The van der Waals surface area contributed by atoms with Crippen LogP contribution in [0.1, 0.15) is 54.0 Å². The van der Waals surface area contributed by atoms with Crippen LogP contribution in [0, 0.1) is 0 Å². The third kappa shape index (κ3) is 4.55. The van der Waals surface area contributed by atoms with E-state index in [0.29, 0.717) is 38.3 Å². The van der Waals surface area contributed by atoms with Gasteiger partial charge in [-0.15, -0.1) is 5.10 Å². The van der Waals surface area contributed by atoms with Crippen molar-refractivity contribution in [3.8, 4) is 5.75 Å². The van der Waals surface area contributed by atoms with E-state index in [1.807, 2.05) is 60.4 Å². The summed E-state index contributed by atoms with van der Waals surface area (Å²) in [6.07, 6.45) is 5.08. The number of hydrogen-bond acceptors (Lipinski definition) is 7. The molecule has 1 fully saturated rings. The first kappa shape index (κ1) is 23.5. The molecule has 2 unspecified atom stereocenters. The van der Waals surface area contributed by atoms with Gasteiger partial charge in [0.05, 0.1) is 12.1 Å². The van der Waals surface area contributed by atoms with Crippen LogP contribution < -0.4 is 4.74 Å². The van der Waals surface area contributed by atoms with Crippen LogP contribution in [0.5, 0.6) is 5.75 Å². The second kappa shape index (κ2) is 9.89. The van der Waals surface area contributed by atoms with E-state index in [2.05, 4.69) is 21.6 Å². The lowest BCUT2D eigenvalue weighted by molar-refractivity contribution is -0.0540.